The predicted octanol–water partition coefficient (Wildman–Crippen LogP) is 6.19. The van der Waals surface area contributed by atoms with E-state index in [1.165, 1.54) is 7.11 Å². The highest BCUT2D eigenvalue weighted by molar-refractivity contribution is 6.06. The van der Waals surface area contributed by atoms with Gasteiger partial charge in [0.2, 0.25) is 0 Å². The highest BCUT2D eigenvalue weighted by Gasteiger charge is 2.47. The Morgan fingerprint density at radius 2 is 1.51 bits per heavy atom. The molecule has 3 aliphatic rings. The second-order valence-corrected chi connectivity index (χ2v) is 11.6. The van der Waals surface area contributed by atoms with Gasteiger partial charge in [-0.25, -0.2) is 0 Å². The summed E-state index contributed by atoms with van der Waals surface area (Å²) in [6.07, 6.45) is 4.07. The first-order chi connectivity index (χ1) is 16.4. The Balaban J connectivity index is 1.80. The minimum absolute atomic E-state index is 0.0134. The lowest BCUT2D eigenvalue weighted by molar-refractivity contribution is -0.134. The fourth-order valence-electron chi connectivity index (χ4n) is 5.45. The number of ether oxygens (including phenoxy) is 3. The van der Waals surface area contributed by atoms with Crippen molar-refractivity contribution in [1.29, 1.82) is 0 Å². The Hall–Kier alpha value is -2.89. The van der Waals surface area contributed by atoms with Crippen molar-refractivity contribution in [1.82, 2.24) is 0 Å². The van der Waals surface area contributed by atoms with Gasteiger partial charge in [-0.15, -0.1) is 0 Å². The van der Waals surface area contributed by atoms with Gasteiger partial charge >= 0.3 is 5.97 Å². The molecule has 6 heteroatoms. The molecule has 0 saturated carbocycles. The van der Waals surface area contributed by atoms with Crippen molar-refractivity contribution >= 4 is 17.5 Å². The molecule has 0 atom stereocenters. The maximum atomic E-state index is 13.4. The molecule has 188 valence electrons. The summed E-state index contributed by atoms with van der Waals surface area (Å²) in [5, 5.41) is 0. The van der Waals surface area contributed by atoms with E-state index in [1.54, 1.807) is 12.1 Å². The summed E-state index contributed by atoms with van der Waals surface area (Å²) in [4.78, 5) is 39.1. The maximum Gasteiger partial charge on any atom is 0.311 e. The fourth-order valence-corrected chi connectivity index (χ4v) is 5.45. The Morgan fingerprint density at radius 3 is 2.03 bits per heavy atom. The number of hydrogen-bond donors (Lipinski definition) is 0. The minimum Gasteiger partial charge on any atom is -0.493 e. The number of hydrogen-bond acceptors (Lipinski definition) is 6. The van der Waals surface area contributed by atoms with Gasteiger partial charge in [0.1, 0.15) is 11.5 Å². The SMILES string of the molecule is CCCCC(=O)Oc1ccc(C2C3=C(CC(C)(C)CC3=O)OC3=C2C(=O)CC(C)(C)C3)cc1OC. The Morgan fingerprint density at radius 1 is 0.943 bits per heavy atom. The summed E-state index contributed by atoms with van der Waals surface area (Å²) < 4.78 is 17.5. The van der Waals surface area contributed by atoms with Crippen LogP contribution >= 0.6 is 0 Å². The summed E-state index contributed by atoms with van der Waals surface area (Å²) in [6.45, 7) is 10.3. The first-order valence-electron chi connectivity index (χ1n) is 12.5. The molecule has 0 bridgehead atoms. The molecular weight excluding hydrogens is 444 g/mol. The molecule has 0 spiro atoms. The van der Waals surface area contributed by atoms with Gasteiger partial charge in [0.25, 0.3) is 0 Å². The molecule has 0 aromatic heterocycles. The average Bonchev–Trinajstić information content (AvgIpc) is 2.74. The van der Waals surface area contributed by atoms with Crippen molar-refractivity contribution < 1.29 is 28.6 Å². The van der Waals surface area contributed by atoms with Crippen LogP contribution in [0.15, 0.2) is 40.9 Å². The van der Waals surface area contributed by atoms with Crippen LogP contribution in [0.2, 0.25) is 0 Å². The molecule has 0 amide bonds. The highest BCUT2D eigenvalue weighted by atomic mass is 16.6. The summed E-state index contributed by atoms with van der Waals surface area (Å²) in [5.74, 6) is 1.28. The quantitative estimate of drug-likeness (QED) is 0.357. The van der Waals surface area contributed by atoms with E-state index < -0.39 is 5.92 Å². The van der Waals surface area contributed by atoms with Gasteiger partial charge in [-0.1, -0.05) is 47.1 Å². The van der Waals surface area contributed by atoms with Crippen molar-refractivity contribution in [3.05, 3.63) is 46.4 Å². The number of carbonyl (C=O) groups excluding carboxylic acids is 3. The number of esters is 1. The van der Waals surface area contributed by atoms with Crippen LogP contribution in [0, 0.1) is 10.8 Å². The number of Topliss-reactive ketones (excluding diaryl/α,β-unsaturated/α-hetero) is 2. The molecule has 0 unspecified atom stereocenters. The largest absolute Gasteiger partial charge is 0.493 e. The first kappa shape index (κ1) is 25.2. The molecule has 0 N–H and O–H groups in total. The maximum absolute atomic E-state index is 13.4. The van der Waals surface area contributed by atoms with Crippen LogP contribution in [-0.2, 0) is 19.1 Å². The molecule has 35 heavy (non-hydrogen) atoms. The lowest BCUT2D eigenvalue weighted by Crippen LogP contribution is -2.37. The molecule has 1 aliphatic heterocycles. The average molecular weight is 481 g/mol. The normalized spacial score (nSPS) is 21.3. The first-order valence-corrected chi connectivity index (χ1v) is 12.5. The number of ketones is 2. The minimum atomic E-state index is -0.514. The number of carbonyl (C=O) groups is 3. The second kappa shape index (κ2) is 9.29. The number of allylic oxidation sites excluding steroid dienone is 4. The number of methoxy groups -OCH3 is 1. The molecule has 0 saturated heterocycles. The van der Waals surface area contributed by atoms with Crippen LogP contribution in [0.25, 0.3) is 0 Å². The van der Waals surface area contributed by atoms with E-state index in [4.69, 9.17) is 14.2 Å². The van der Waals surface area contributed by atoms with E-state index in [1.807, 2.05) is 13.0 Å². The van der Waals surface area contributed by atoms with Gasteiger partial charge < -0.3 is 14.2 Å². The molecule has 1 heterocycles. The monoisotopic (exact) mass is 480 g/mol. The summed E-state index contributed by atoms with van der Waals surface area (Å²) in [5.41, 5.74) is 1.50. The van der Waals surface area contributed by atoms with Gasteiger partial charge in [-0.05, 0) is 34.9 Å². The van der Waals surface area contributed by atoms with Crippen molar-refractivity contribution in [2.45, 2.75) is 85.5 Å². The zero-order valence-corrected chi connectivity index (χ0v) is 21.7. The zero-order valence-electron chi connectivity index (χ0n) is 21.7. The van der Waals surface area contributed by atoms with E-state index in [2.05, 4.69) is 27.7 Å². The van der Waals surface area contributed by atoms with Crippen LogP contribution in [-0.4, -0.2) is 24.6 Å². The number of unbranched alkanes of at least 4 members (excludes halogenated alkanes) is 1. The predicted molar refractivity (Wildman–Crippen MR) is 132 cm³/mol. The van der Waals surface area contributed by atoms with Gasteiger partial charge in [0, 0.05) is 49.2 Å². The lowest BCUT2D eigenvalue weighted by Gasteiger charge is -2.42. The highest BCUT2D eigenvalue weighted by Crippen LogP contribution is 2.53. The van der Waals surface area contributed by atoms with E-state index >= 15 is 0 Å². The van der Waals surface area contributed by atoms with Gasteiger partial charge in [-0.2, -0.15) is 0 Å². The van der Waals surface area contributed by atoms with Crippen molar-refractivity contribution in [3.63, 3.8) is 0 Å². The summed E-state index contributed by atoms with van der Waals surface area (Å²) in [7, 11) is 1.52. The molecule has 0 fully saturated rings. The van der Waals surface area contributed by atoms with Crippen LogP contribution in [0.5, 0.6) is 11.5 Å². The van der Waals surface area contributed by atoms with Crippen LogP contribution in [0.4, 0.5) is 0 Å². The second-order valence-electron chi connectivity index (χ2n) is 11.6. The Labute approximate surface area is 207 Å². The van der Waals surface area contributed by atoms with E-state index in [9.17, 15) is 14.4 Å². The molecular formula is C29H36O6. The molecule has 2 aliphatic carbocycles. The van der Waals surface area contributed by atoms with Crippen molar-refractivity contribution in [2.75, 3.05) is 7.11 Å². The van der Waals surface area contributed by atoms with E-state index in [0.717, 1.165) is 18.4 Å². The fraction of sp³-hybridized carbons (Fsp3) is 0.552. The third-order valence-corrected chi connectivity index (χ3v) is 7.06. The van der Waals surface area contributed by atoms with Gasteiger partial charge in [0.15, 0.2) is 23.1 Å². The summed E-state index contributed by atoms with van der Waals surface area (Å²) in [6, 6.07) is 5.31. The van der Waals surface area contributed by atoms with E-state index in [0.29, 0.717) is 66.3 Å². The molecule has 0 radical (unpaired) electrons. The van der Waals surface area contributed by atoms with Gasteiger partial charge in [0.05, 0.1) is 7.11 Å². The van der Waals surface area contributed by atoms with Crippen LogP contribution < -0.4 is 9.47 Å². The number of rotatable bonds is 6. The molecule has 1 aromatic carbocycles. The van der Waals surface area contributed by atoms with Crippen LogP contribution in [0.1, 0.15) is 91.0 Å². The lowest BCUT2D eigenvalue weighted by atomic mass is 9.65. The van der Waals surface area contributed by atoms with Crippen LogP contribution in [0.3, 0.4) is 0 Å². The van der Waals surface area contributed by atoms with Crippen molar-refractivity contribution in [2.24, 2.45) is 10.8 Å². The molecule has 6 nitrogen and oxygen atoms in total. The van der Waals surface area contributed by atoms with E-state index in [-0.39, 0.29) is 28.4 Å². The zero-order chi connectivity index (χ0) is 25.5. The number of benzene rings is 1. The van der Waals surface area contributed by atoms with Gasteiger partial charge in [-0.3, -0.25) is 14.4 Å². The third-order valence-electron chi connectivity index (χ3n) is 7.06. The Kier molecular flexibility index (Phi) is 6.69. The van der Waals surface area contributed by atoms with Crippen molar-refractivity contribution in [3.8, 4) is 11.5 Å². The third kappa shape index (κ3) is 5.07. The summed E-state index contributed by atoms with van der Waals surface area (Å²) >= 11 is 0. The standard InChI is InChI=1S/C29H36O6/c1-7-8-9-24(32)35-20-11-10-17(12-21(20)33-6)25-26-18(30)13-28(2,3)15-22(26)34-23-16-29(4,5)14-19(31)27(23)25/h10-12,25H,7-9,13-16H2,1-6H3. The Bertz CT molecular complexity index is 1080. The smallest absolute Gasteiger partial charge is 0.311 e. The molecule has 4 rings (SSSR count). The molecule has 1 aromatic rings. The topological polar surface area (TPSA) is 78.9 Å².